The Morgan fingerprint density at radius 3 is 2.42 bits per heavy atom. The second-order valence-electron chi connectivity index (χ2n) is 3.02. The Morgan fingerprint density at radius 1 is 1.58 bits per heavy atom. The summed E-state index contributed by atoms with van der Waals surface area (Å²) in [6.07, 6.45) is 1.53. The van der Waals surface area contributed by atoms with Crippen LogP contribution < -0.4 is 0 Å². The maximum absolute atomic E-state index is 12.1. The average molecular weight is 199 g/mol. The van der Waals surface area contributed by atoms with Gasteiger partial charge in [0.2, 0.25) is 5.78 Å². The highest BCUT2D eigenvalue weighted by molar-refractivity contribution is 6.32. The van der Waals surface area contributed by atoms with Crippen molar-refractivity contribution in [1.29, 1.82) is 0 Å². The van der Waals surface area contributed by atoms with Gasteiger partial charge in [-0.25, -0.2) is 0 Å². The van der Waals surface area contributed by atoms with E-state index in [-0.39, 0.29) is 12.3 Å². The number of carbonyl (C=O) groups is 1. The van der Waals surface area contributed by atoms with Crippen molar-refractivity contribution in [3.8, 4) is 0 Å². The number of hydrogen-bond donors (Lipinski definition) is 0. The molecule has 0 rings (SSSR count). The van der Waals surface area contributed by atoms with Crippen LogP contribution in [0.2, 0.25) is 0 Å². The number of alkyl halides is 3. The van der Waals surface area contributed by atoms with E-state index in [1.165, 1.54) is 0 Å². The second-order valence-corrected chi connectivity index (χ2v) is 3.49. The van der Waals surface area contributed by atoms with Crippen LogP contribution in [0.1, 0.15) is 33.1 Å². The molecule has 0 aliphatic rings. The molecule has 12 heavy (non-hydrogen) atoms. The first kappa shape index (κ1) is 11.8. The van der Waals surface area contributed by atoms with Gasteiger partial charge in [0.15, 0.2) is 0 Å². The number of hydrogen-bond acceptors (Lipinski definition) is 1. The lowest BCUT2D eigenvalue weighted by atomic mass is 10.00. The molecule has 1 atom stereocenters. The predicted octanol–water partition coefficient (Wildman–Crippen LogP) is 3.21. The summed E-state index contributed by atoms with van der Waals surface area (Å²) in [5.41, 5.74) is 0. The molecule has 0 aliphatic heterocycles. The van der Waals surface area contributed by atoms with Crippen LogP contribution in [-0.2, 0) is 4.79 Å². The fourth-order valence-electron chi connectivity index (χ4n) is 1.03. The van der Waals surface area contributed by atoms with Gasteiger partial charge in [0.25, 0.3) is 0 Å². The Labute approximate surface area is 76.1 Å². The predicted molar refractivity (Wildman–Crippen MR) is 44.5 cm³/mol. The van der Waals surface area contributed by atoms with Gasteiger partial charge in [-0.1, -0.05) is 26.7 Å². The van der Waals surface area contributed by atoms with Crippen LogP contribution in [0.25, 0.3) is 0 Å². The number of Topliss-reactive ketones (excluding diaryl/α,β-unsaturated/α-hetero) is 1. The third-order valence-electron chi connectivity index (χ3n) is 1.63. The number of ketones is 1. The summed E-state index contributed by atoms with van der Waals surface area (Å²) in [7, 11) is 0. The first-order valence-corrected chi connectivity index (χ1v) is 4.35. The Hall–Kier alpha value is -0.180. The quantitative estimate of drug-likeness (QED) is 0.620. The molecule has 0 heterocycles. The molecule has 0 aliphatic carbocycles. The van der Waals surface area contributed by atoms with Crippen molar-refractivity contribution < 1.29 is 13.6 Å². The minimum absolute atomic E-state index is 0.00729. The molecule has 1 unspecified atom stereocenters. The molecule has 0 bridgehead atoms. The molecule has 0 aromatic carbocycles. The fourth-order valence-corrected chi connectivity index (χ4v) is 1.10. The lowest BCUT2D eigenvalue weighted by Crippen LogP contribution is -2.23. The van der Waals surface area contributed by atoms with Gasteiger partial charge in [-0.15, -0.1) is 0 Å². The zero-order valence-corrected chi connectivity index (χ0v) is 8.00. The number of rotatable bonds is 5. The van der Waals surface area contributed by atoms with Crippen LogP contribution in [0.4, 0.5) is 8.78 Å². The van der Waals surface area contributed by atoms with Gasteiger partial charge >= 0.3 is 5.38 Å². The monoisotopic (exact) mass is 198 g/mol. The maximum atomic E-state index is 12.1. The molecule has 0 N–H and O–H groups in total. The average Bonchev–Trinajstić information content (AvgIpc) is 1.85. The molecule has 0 radical (unpaired) electrons. The molecular formula is C8H13ClF2O. The molecule has 4 heteroatoms. The first-order chi connectivity index (χ1) is 5.38. The normalized spacial score (nSPS) is 14.4. The van der Waals surface area contributed by atoms with E-state index in [0.29, 0.717) is 0 Å². The summed E-state index contributed by atoms with van der Waals surface area (Å²) in [6, 6.07) is 0. The summed E-state index contributed by atoms with van der Waals surface area (Å²) in [5.74, 6) is -1.18. The number of carbonyl (C=O) groups excluding carboxylic acids is 1. The van der Waals surface area contributed by atoms with Crippen molar-refractivity contribution in [3.05, 3.63) is 0 Å². The van der Waals surface area contributed by atoms with Crippen LogP contribution >= 0.6 is 11.6 Å². The van der Waals surface area contributed by atoms with E-state index in [4.69, 9.17) is 0 Å². The second kappa shape index (κ2) is 4.75. The van der Waals surface area contributed by atoms with Gasteiger partial charge in [-0.05, 0) is 17.5 Å². The first-order valence-electron chi connectivity index (χ1n) is 3.98. The molecule has 0 saturated heterocycles. The van der Waals surface area contributed by atoms with Crippen LogP contribution in [0.15, 0.2) is 0 Å². The smallest absolute Gasteiger partial charge is 0.291 e. The minimum atomic E-state index is -3.68. The zero-order chi connectivity index (χ0) is 9.78. The van der Waals surface area contributed by atoms with Gasteiger partial charge in [0.1, 0.15) is 0 Å². The number of halogens is 3. The SMILES string of the molecule is CCCC(C)CC(=O)C(F)(F)Cl. The molecule has 0 aromatic heterocycles. The molecule has 1 nitrogen and oxygen atoms in total. The molecular weight excluding hydrogens is 186 g/mol. The summed E-state index contributed by atoms with van der Waals surface area (Å²) in [4.78, 5) is 10.7. The van der Waals surface area contributed by atoms with Crippen molar-refractivity contribution >= 4 is 17.4 Å². The maximum Gasteiger partial charge on any atom is 0.380 e. The Kier molecular flexibility index (Phi) is 4.68. The largest absolute Gasteiger partial charge is 0.380 e. The Balaban J connectivity index is 3.85. The standard InChI is InChI=1S/C8H13ClF2O/c1-3-4-6(2)5-7(12)8(9,10)11/h6H,3-5H2,1-2H3. The van der Waals surface area contributed by atoms with Crippen molar-refractivity contribution in [2.24, 2.45) is 5.92 Å². The molecule has 0 spiro atoms. The van der Waals surface area contributed by atoms with Crippen molar-refractivity contribution in [1.82, 2.24) is 0 Å². The van der Waals surface area contributed by atoms with E-state index < -0.39 is 11.2 Å². The Morgan fingerprint density at radius 2 is 2.08 bits per heavy atom. The minimum Gasteiger partial charge on any atom is -0.291 e. The molecule has 72 valence electrons. The fraction of sp³-hybridized carbons (Fsp3) is 0.875. The van der Waals surface area contributed by atoms with E-state index in [0.717, 1.165) is 12.8 Å². The third kappa shape index (κ3) is 4.65. The highest BCUT2D eigenvalue weighted by Crippen LogP contribution is 2.24. The van der Waals surface area contributed by atoms with Gasteiger partial charge < -0.3 is 0 Å². The summed E-state index contributed by atoms with van der Waals surface area (Å²) in [5, 5.41) is -3.68. The van der Waals surface area contributed by atoms with Gasteiger partial charge in [0, 0.05) is 6.42 Å². The third-order valence-corrected chi connectivity index (χ3v) is 1.84. The van der Waals surface area contributed by atoms with Crippen LogP contribution in [-0.4, -0.2) is 11.2 Å². The van der Waals surface area contributed by atoms with Crippen LogP contribution in [0, 0.1) is 5.92 Å². The van der Waals surface area contributed by atoms with Crippen molar-refractivity contribution in [2.45, 2.75) is 38.5 Å². The zero-order valence-electron chi connectivity index (χ0n) is 7.24. The van der Waals surface area contributed by atoms with E-state index in [9.17, 15) is 13.6 Å². The van der Waals surface area contributed by atoms with Gasteiger partial charge in [0.05, 0.1) is 0 Å². The molecule has 0 amide bonds. The van der Waals surface area contributed by atoms with E-state index in [1.807, 2.05) is 6.92 Å². The topological polar surface area (TPSA) is 17.1 Å². The van der Waals surface area contributed by atoms with E-state index >= 15 is 0 Å². The van der Waals surface area contributed by atoms with Gasteiger partial charge in [-0.2, -0.15) is 8.78 Å². The molecule has 0 fully saturated rings. The van der Waals surface area contributed by atoms with E-state index in [2.05, 4.69) is 11.6 Å². The van der Waals surface area contributed by atoms with Crippen molar-refractivity contribution in [2.75, 3.05) is 0 Å². The summed E-state index contributed by atoms with van der Waals surface area (Å²) in [6.45, 7) is 3.71. The summed E-state index contributed by atoms with van der Waals surface area (Å²) >= 11 is 4.54. The van der Waals surface area contributed by atoms with Crippen LogP contribution in [0.5, 0.6) is 0 Å². The molecule has 0 aromatic rings. The van der Waals surface area contributed by atoms with Gasteiger partial charge in [-0.3, -0.25) is 4.79 Å². The highest BCUT2D eigenvalue weighted by Gasteiger charge is 2.35. The lowest BCUT2D eigenvalue weighted by molar-refractivity contribution is -0.134. The molecule has 0 saturated carbocycles. The van der Waals surface area contributed by atoms with Crippen LogP contribution in [0.3, 0.4) is 0 Å². The lowest BCUT2D eigenvalue weighted by Gasteiger charge is -2.11. The highest BCUT2D eigenvalue weighted by atomic mass is 35.5. The Bertz CT molecular complexity index is 154. The van der Waals surface area contributed by atoms with E-state index in [1.54, 1.807) is 6.92 Å². The summed E-state index contributed by atoms with van der Waals surface area (Å²) < 4.78 is 24.3. The van der Waals surface area contributed by atoms with Crippen molar-refractivity contribution in [3.63, 3.8) is 0 Å².